The molecule has 2 aromatic rings. The maximum absolute atomic E-state index is 13.9. The van der Waals surface area contributed by atoms with E-state index >= 15 is 0 Å². The Hall–Kier alpha value is -1.65. The van der Waals surface area contributed by atoms with E-state index in [9.17, 15) is 4.39 Å². The second-order valence-electron chi connectivity index (χ2n) is 5.06. The number of nitrogens with zero attached hydrogens (tertiary/aromatic N) is 1. The average Bonchev–Trinajstić information content (AvgIpc) is 3.19. The van der Waals surface area contributed by atoms with E-state index in [2.05, 4.69) is 4.98 Å². The number of nitrogens with two attached hydrogens (primary N) is 1. The van der Waals surface area contributed by atoms with Crippen molar-refractivity contribution >= 4 is 12.4 Å². The summed E-state index contributed by atoms with van der Waals surface area (Å²) in [5.74, 6) is 0.770. The van der Waals surface area contributed by atoms with E-state index in [-0.39, 0.29) is 24.3 Å². The molecule has 0 unspecified atom stereocenters. The summed E-state index contributed by atoms with van der Waals surface area (Å²) in [6, 6.07) is 8.79. The quantitative estimate of drug-likeness (QED) is 0.940. The van der Waals surface area contributed by atoms with Crippen molar-refractivity contribution in [2.24, 2.45) is 5.73 Å². The van der Waals surface area contributed by atoms with E-state index in [4.69, 9.17) is 10.5 Å². The summed E-state index contributed by atoms with van der Waals surface area (Å²) in [7, 11) is 0. The predicted octanol–water partition coefficient (Wildman–Crippen LogP) is 3.52. The minimum atomic E-state index is -0.295. The molecule has 0 saturated heterocycles. The first-order valence-electron chi connectivity index (χ1n) is 6.83. The van der Waals surface area contributed by atoms with Crippen molar-refractivity contribution < 1.29 is 9.13 Å². The van der Waals surface area contributed by atoms with Gasteiger partial charge in [-0.1, -0.05) is 6.07 Å². The largest absolute Gasteiger partial charge is 0.494 e. The van der Waals surface area contributed by atoms with Crippen LogP contribution in [0, 0.1) is 5.82 Å². The van der Waals surface area contributed by atoms with Crippen LogP contribution >= 0.6 is 12.4 Å². The molecule has 3 rings (SSSR count). The van der Waals surface area contributed by atoms with Gasteiger partial charge in [0.05, 0.1) is 12.3 Å². The monoisotopic (exact) mass is 308 g/mol. The van der Waals surface area contributed by atoms with Crippen molar-refractivity contribution in [2.45, 2.75) is 25.3 Å². The lowest BCUT2D eigenvalue weighted by atomic mass is 10.1. The average molecular weight is 309 g/mol. The molecule has 1 aromatic carbocycles. The predicted molar refractivity (Wildman–Crippen MR) is 83.4 cm³/mol. The van der Waals surface area contributed by atoms with Gasteiger partial charge in [-0.3, -0.25) is 4.98 Å². The molecule has 0 amide bonds. The van der Waals surface area contributed by atoms with Crippen LogP contribution in [0.3, 0.4) is 0 Å². The molecule has 1 fully saturated rings. The Balaban J connectivity index is 0.00000161. The third kappa shape index (κ3) is 3.34. The molecule has 1 aromatic heterocycles. The molecule has 3 nitrogen and oxygen atoms in total. The van der Waals surface area contributed by atoms with Crippen molar-refractivity contribution in [2.75, 3.05) is 6.61 Å². The van der Waals surface area contributed by atoms with E-state index in [0.717, 1.165) is 12.0 Å². The highest BCUT2D eigenvalue weighted by atomic mass is 35.5. The van der Waals surface area contributed by atoms with Gasteiger partial charge in [-0.25, -0.2) is 4.39 Å². The Morgan fingerprint density at radius 3 is 2.67 bits per heavy atom. The van der Waals surface area contributed by atoms with Gasteiger partial charge in [0.25, 0.3) is 0 Å². The fourth-order valence-corrected chi connectivity index (χ4v) is 2.34. The standard InChI is InChI=1S/C16H17FN2O.ClH/c1-2-20-11-4-5-14(17)13(7-11)16-6-3-10(9-19-16)12-8-15(12)18;/h3-7,9,12,15H,2,8,18H2,1H3;1H/t12-,15+;/m0./s1. The van der Waals surface area contributed by atoms with Gasteiger partial charge in [0.15, 0.2) is 0 Å². The van der Waals surface area contributed by atoms with Crippen LogP contribution in [0.1, 0.15) is 24.8 Å². The molecule has 2 atom stereocenters. The molecule has 1 aliphatic carbocycles. The number of pyridine rings is 1. The molecular weight excluding hydrogens is 291 g/mol. The number of halogens is 2. The van der Waals surface area contributed by atoms with Gasteiger partial charge in [-0.2, -0.15) is 0 Å². The van der Waals surface area contributed by atoms with E-state index in [0.29, 0.717) is 29.5 Å². The van der Waals surface area contributed by atoms with Gasteiger partial charge >= 0.3 is 0 Å². The first kappa shape index (κ1) is 15.7. The zero-order valence-electron chi connectivity index (χ0n) is 11.8. The van der Waals surface area contributed by atoms with E-state index in [1.54, 1.807) is 18.3 Å². The Morgan fingerprint density at radius 2 is 2.10 bits per heavy atom. The maximum Gasteiger partial charge on any atom is 0.132 e. The number of rotatable bonds is 4. The fraction of sp³-hybridized carbons (Fsp3) is 0.312. The topological polar surface area (TPSA) is 48.1 Å². The van der Waals surface area contributed by atoms with Gasteiger partial charge in [-0.05, 0) is 43.2 Å². The molecule has 2 N–H and O–H groups in total. The summed E-state index contributed by atoms with van der Waals surface area (Å²) in [6.45, 7) is 2.45. The number of ether oxygens (including phenoxy) is 1. The Morgan fingerprint density at radius 1 is 1.33 bits per heavy atom. The maximum atomic E-state index is 13.9. The molecular formula is C16H18ClFN2O. The molecule has 0 bridgehead atoms. The lowest BCUT2D eigenvalue weighted by Gasteiger charge is -2.08. The highest BCUT2D eigenvalue weighted by molar-refractivity contribution is 5.85. The van der Waals surface area contributed by atoms with Crippen LogP contribution in [0.5, 0.6) is 5.75 Å². The van der Waals surface area contributed by atoms with Crippen LogP contribution in [0.15, 0.2) is 36.5 Å². The zero-order valence-corrected chi connectivity index (χ0v) is 12.6. The number of hydrogen-bond donors (Lipinski definition) is 1. The van der Waals surface area contributed by atoms with Gasteiger partial charge in [-0.15, -0.1) is 12.4 Å². The van der Waals surface area contributed by atoms with E-state index < -0.39 is 0 Å². The van der Waals surface area contributed by atoms with Gasteiger partial charge in [0.1, 0.15) is 11.6 Å². The Labute approximate surface area is 129 Å². The lowest BCUT2D eigenvalue weighted by Crippen LogP contribution is -2.01. The first-order valence-corrected chi connectivity index (χ1v) is 6.83. The fourth-order valence-electron chi connectivity index (χ4n) is 2.34. The normalized spacial score (nSPS) is 19.8. The van der Waals surface area contributed by atoms with E-state index in [1.165, 1.54) is 6.07 Å². The molecule has 5 heteroatoms. The lowest BCUT2D eigenvalue weighted by molar-refractivity contribution is 0.340. The first-order chi connectivity index (χ1) is 9.69. The summed E-state index contributed by atoms with van der Waals surface area (Å²) in [4.78, 5) is 4.36. The molecule has 0 aliphatic heterocycles. The highest BCUT2D eigenvalue weighted by Gasteiger charge is 2.34. The van der Waals surface area contributed by atoms with Crippen molar-refractivity contribution in [3.63, 3.8) is 0 Å². The second-order valence-corrected chi connectivity index (χ2v) is 5.06. The summed E-state index contributed by atoms with van der Waals surface area (Å²) in [5, 5.41) is 0. The number of benzene rings is 1. The minimum absolute atomic E-state index is 0. The SMILES string of the molecule is CCOc1ccc(F)c(-c2ccc([C@@H]3C[C@H]3N)cn2)c1.Cl. The molecule has 0 spiro atoms. The molecule has 0 radical (unpaired) electrons. The zero-order chi connectivity index (χ0) is 14.1. The van der Waals surface area contributed by atoms with Crippen molar-refractivity contribution in [3.05, 3.63) is 47.9 Å². The summed E-state index contributed by atoms with van der Waals surface area (Å²) in [6.07, 6.45) is 2.80. The number of hydrogen-bond acceptors (Lipinski definition) is 3. The van der Waals surface area contributed by atoms with Crippen LogP contribution in [0.4, 0.5) is 4.39 Å². The summed E-state index contributed by atoms with van der Waals surface area (Å²) < 4.78 is 19.3. The minimum Gasteiger partial charge on any atom is -0.494 e. The van der Waals surface area contributed by atoms with E-state index in [1.807, 2.05) is 19.1 Å². The molecule has 112 valence electrons. The van der Waals surface area contributed by atoms with Crippen molar-refractivity contribution in [1.82, 2.24) is 4.98 Å². The highest BCUT2D eigenvalue weighted by Crippen LogP contribution is 2.39. The molecule has 21 heavy (non-hydrogen) atoms. The molecule has 1 aliphatic rings. The Kier molecular flexibility index (Phi) is 4.80. The second kappa shape index (κ2) is 6.41. The van der Waals surface area contributed by atoms with Gasteiger partial charge < -0.3 is 10.5 Å². The third-order valence-corrected chi connectivity index (χ3v) is 3.58. The number of aromatic nitrogens is 1. The Bertz CT molecular complexity index is 618. The van der Waals surface area contributed by atoms with Crippen LogP contribution < -0.4 is 10.5 Å². The summed E-state index contributed by atoms with van der Waals surface area (Å²) >= 11 is 0. The van der Waals surface area contributed by atoms with Crippen LogP contribution in [-0.4, -0.2) is 17.6 Å². The smallest absolute Gasteiger partial charge is 0.132 e. The van der Waals surface area contributed by atoms with Crippen LogP contribution in [0.25, 0.3) is 11.3 Å². The third-order valence-electron chi connectivity index (χ3n) is 3.58. The van der Waals surface area contributed by atoms with Crippen LogP contribution in [-0.2, 0) is 0 Å². The molecule has 1 heterocycles. The molecule has 1 saturated carbocycles. The van der Waals surface area contributed by atoms with Gasteiger partial charge in [0, 0.05) is 23.7 Å². The van der Waals surface area contributed by atoms with Gasteiger partial charge in [0.2, 0.25) is 0 Å². The van der Waals surface area contributed by atoms with Crippen molar-refractivity contribution in [1.29, 1.82) is 0 Å². The van der Waals surface area contributed by atoms with Crippen molar-refractivity contribution in [3.8, 4) is 17.0 Å². The van der Waals surface area contributed by atoms with Crippen LogP contribution in [0.2, 0.25) is 0 Å². The summed E-state index contributed by atoms with van der Waals surface area (Å²) in [5.41, 5.74) is 8.02.